The molecule has 0 atom stereocenters. The number of hydrogen-bond acceptors (Lipinski definition) is 0. The van der Waals surface area contributed by atoms with Crippen LogP contribution < -0.4 is 24.8 Å². The first-order valence-corrected chi connectivity index (χ1v) is 8.57. The Labute approximate surface area is 155 Å². The summed E-state index contributed by atoms with van der Waals surface area (Å²) >= 11 is 0. The van der Waals surface area contributed by atoms with Crippen LogP contribution in [0.15, 0.2) is 42.5 Å². The first-order chi connectivity index (χ1) is 8.68. The summed E-state index contributed by atoms with van der Waals surface area (Å²) in [6, 6.07) is 8.21. The number of nitrogens with one attached hydrogen (secondary N) is 1. The van der Waals surface area contributed by atoms with E-state index >= 15 is 0 Å². The van der Waals surface area contributed by atoms with E-state index in [-0.39, 0.29) is 54.9 Å². The van der Waals surface area contributed by atoms with Crippen molar-refractivity contribution in [1.29, 1.82) is 0 Å². The largest absolute Gasteiger partial charge is 4.00 e. The van der Waals surface area contributed by atoms with Crippen LogP contribution in [0.4, 0.5) is 0 Å². The molecule has 1 aromatic heterocycles. The molecule has 21 heavy (non-hydrogen) atoms. The van der Waals surface area contributed by atoms with Gasteiger partial charge in [0.1, 0.15) is 0 Å². The molecule has 1 N–H and O–H groups in total. The zero-order valence-electron chi connectivity index (χ0n) is 12.3. The van der Waals surface area contributed by atoms with Gasteiger partial charge in [-0.3, -0.25) is 0 Å². The van der Waals surface area contributed by atoms with Gasteiger partial charge in [-0.15, -0.1) is 23.8 Å². The number of benzene rings is 1. The van der Waals surface area contributed by atoms with Gasteiger partial charge in [-0.1, -0.05) is 32.2 Å². The van der Waals surface area contributed by atoms with Crippen LogP contribution in [0.2, 0.25) is 13.1 Å². The average molecular weight is 370 g/mol. The Bertz CT molecular complexity index is 627. The molecule has 0 bridgehead atoms. The quantitative estimate of drug-likeness (QED) is 0.397. The Morgan fingerprint density at radius 3 is 2.24 bits per heavy atom. The summed E-state index contributed by atoms with van der Waals surface area (Å²) in [5, 5.41) is 2.68. The van der Waals surface area contributed by atoms with Crippen molar-refractivity contribution in [2.45, 2.75) is 20.0 Å². The van der Waals surface area contributed by atoms with Crippen molar-refractivity contribution in [2.24, 2.45) is 0 Å². The van der Waals surface area contributed by atoms with E-state index < -0.39 is 0 Å². The van der Waals surface area contributed by atoms with E-state index in [4.69, 9.17) is 0 Å². The summed E-state index contributed by atoms with van der Waals surface area (Å²) in [4.78, 5) is 3.06. The van der Waals surface area contributed by atoms with Crippen molar-refractivity contribution in [3.8, 4) is 0 Å². The third-order valence-corrected chi connectivity index (χ3v) is 4.24. The fraction of sp³-hybridized carbons (Fsp3) is 0.188. The second kappa shape index (κ2) is 11.2. The normalized spacial score (nSPS) is 10.9. The molecule has 0 radical (unpaired) electrons. The van der Waals surface area contributed by atoms with E-state index in [1.165, 1.54) is 21.6 Å². The topological polar surface area (TPSA) is 15.8 Å². The van der Waals surface area contributed by atoms with Crippen molar-refractivity contribution < 1.29 is 46.5 Å². The fourth-order valence-electron chi connectivity index (χ4n) is 1.79. The molecule has 5 heteroatoms. The summed E-state index contributed by atoms with van der Waals surface area (Å²) in [5.74, 6) is 0. The van der Waals surface area contributed by atoms with Gasteiger partial charge in [0, 0.05) is 0 Å². The Hall–Kier alpha value is -0.379. The van der Waals surface area contributed by atoms with Crippen LogP contribution in [0.1, 0.15) is 5.56 Å². The number of fused-ring (bicyclic) bond motifs is 1. The van der Waals surface area contributed by atoms with Crippen molar-refractivity contribution in [3.63, 3.8) is 0 Å². The molecule has 1 aliphatic rings. The van der Waals surface area contributed by atoms with Gasteiger partial charge in [-0.25, -0.2) is 12.2 Å². The summed E-state index contributed by atoms with van der Waals surface area (Å²) < 4.78 is 0. The van der Waals surface area contributed by atoms with E-state index in [1.807, 2.05) is 24.3 Å². The summed E-state index contributed by atoms with van der Waals surface area (Å²) in [7, 11) is -0.225. The number of rotatable bonds is 0. The maximum Gasteiger partial charge on any atom is 4.00 e. The minimum Gasteiger partial charge on any atom is -1.00 e. The number of aromatic amines is 1. The summed E-state index contributed by atoms with van der Waals surface area (Å²) in [6.45, 7) is 6.60. The third-order valence-electron chi connectivity index (χ3n) is 2.85. The molecule has 0 saturated heterocycles. The Kier molecular flexibility index (Phi) is 12.2. The van der Waals surface area contributed by atoms with Gasteiger partial charge in [0.15, 0.2) is 0 Å². The molecule has 1 heterocycles. The van der Waals surface area contributed by atoms with E-state index in [2.05, 4.69) is 55.5 Å². The van der Waals surface area contributed by atoms with Crippen LogP contribution in [-0.2, 0) is 21.7 Å². The molecule has 0 saturated carbocycles. The van der Waals surface area contributed by atoms with E-state index in [9.17, 15) is 0 Å². The SMILES string of the molecule is C[Si](C)=C1[C-]=CC=C1.Cc1[c-][nH]c2ccccc12.[Cl-].[Cl-].[Ti+4]. The second-order valence-electron chi connectivity index (χ2n) is 4.50. The molecular weight excluding hydrogens is 353 g/mol. The zero-order valence-corrected chi connectivity index (χ0v) is 16.4. The molecule has 0 spiro atoms. The van der Waals surface area contributed by atoms with Crippen LogP contribution >= 0.6 is 0 Å². The molecule has 0 unspecified atom stereocenters. The van der Waals surface area contributed by atoms with Crippen LogP contribution in [0.25, 0.3) is 10.9 Å². The number of aromatic nitrogens is 1. The van der Waals surface area contributed by atoms with Gasteiger partial charge in [-0.05, 0) is 8.41 Å². The zero-order chi connectivity index (χ0) is 13.0. The van der Waals surface area contributed by atoms with Crippen molar-refractivity contribution in [3.05, 3.63) is 60.3 Å². The standard InChI is InChI=1S/C9H8N.C7H9Si.2ClH.Ti/c1-7-6-10-9-5-3-2-4-8(7)9;1-8(2)7-5-3-4-6-7;;;/h2-5,10H,1H3;3-5H,1-2H3;2*1H;/q2*-1;;;+4/p-2. The first-order valence-electron chi connectivity index (χ1n) is 6.07. The second-order valence-corrected chi connectivity index (χ2v) is 7.04. The van der Waals surface area contributed by atoms with Crippen molar-refractivity contribution >= 4 is 24.5 Å². The Morgan fingerprint density at radius 2 is 1.76 bits per heavy atom. The maximum absolute atomic E-state index is 3.18. The predicted molar refractivity (Wildman–Crippen MR) is 81.3 cm³/mol. The van der Waals surface area contributed by atoms with Crippen LogP contribution in [0.3, 0.4) is 0 Å². The van der Waals surface area contributed by atoms with Crippen LogP contribution in [-0.4, -0.2) is 18.6 Å². The van der Waals surface area contributed by atoms with E-state index in [1.54, 1.807) is 0 Å². The number of hydrogen-bond donors (Lipinski definition) is 1. The average Bonchev–Trinajstić information content (AvgIpc) is 3.01. The minimum atomic E-state index is -0.225. The third kappa shape index (κ3) is 6.50. The molecule has 3 rings (SSSR count). The number of allylic oxidation sites excluding steroid dienone is 4. The molecule has 1 aliphatic carbocycles. The number of halogens is 2. The molecular formula is C16H17Cl2NSiTi. The van der Waals surface area contributed by atoms with Gasteiger partial charge >= 0.3 is 21.7 Å². The number of para-hydroxylation sites is 1. The van der Waals surface area contributed by atoms with E-state index in [0.29, 0.717) is 0 Å². The van der Waals surface area contributed by atoms with Gasteiger partial charge in [0.05, 0.1) is 0 Å². The summed E-state index contributed by atoms with van der Waals surface area (Å²) in [6.07, 6.45) is 12.4. The van der Waals surface area contributed by atoms with Crippen molar-refractivity contribution in [1.82, 2.24) is 4.98 Å². The minimum absolute atomic E-state index is 0. The van der Waals surface area contributed by atoms with E-state index in [0.717, 1.165) is 0 Å². The van der Waals surface area contributed by atoms with Gasteiger partial charge in [-0.2, -0.15) is 28.3 Å². The smallest absolute Gasteiger partial charge is 1.00 e. The molecule has 1 nitrogen and oxygen atoms in total. The summed E-state index contributed by atoms with van der Waals surface area (Å²) in [5.41, 5.74) is 2.36. The number of aryl methyl sites for hydroxylation is 1. The fourth-order valence-corrected chi connectivity index (χ4v) is 2.59. The predicted octanol–water partition coefficient (Wildman–Crippen LogP) is -2.29. The molecule has 108 valence electrons. The maximum atomic E-state index is 3.18. The Balaban J connectivity index is 0. The van der Waals surface area contributed by atoms with Crippen LogP contribution in [0.5, 0.6) is 0 Å². The van der Waals surface area contributed by atoms with Crippen LogP contribution in [0, 0.1) is 19.2 Å². The molecule has 0 fully saturated rings. The van der Waals surface area contributed by atoms with Gasteiger partial charge in [0.25, 0.3) is 0 Å². The van der Waals surface area contributed by atoms with Gasteiger partial charge < -0.3 is 29.8 Å². The molecule has 2 aromatic rings. The van der Waals surface area contributed by atoms with Crippen molar-refractivity contribution in [2.75, 3.05) is 0 Å². The molecule has 1 aromatic carbocycles. The molecule has 0 aliphatic heterocycles. The van der Waals surface area contributed by atoms with Gasteiger partial charge in [0.2, 0.25) is 0 Å². The Morgan fingerprint density at radius 1 is 1.10 bits per heavy atom. The number of H-pyrrole nitrogens is 1. The molecule has 0 amide bonds. The first kappa shape index (κ1) is 22.9. The monoisotopic (exact) mass is 369 g/mol.